The van der Waals surface area contributed by atoms with Crippen LogP contribution in [0.15, 0.2) is 53.0 Å². The van der Waals surface area contributed by atoms with Crippen molar-refractivity contribution in [2.24, 2.45) is 0 Å². The number of nitrogen functional groups attached to an aromatic ring is 1. The van der Waals surface area contributed by atoms with Crippen molar-refractivity contribution in [3.63, 3.8) is 0 Å². The van der Waals surface area contributed by atoms with Gasteiger partial charge in [0.15, 0.2) is 0 Å². The maximum absolute atomic E-state index is 5.74. The molecule has 0 spiro atoms. The minimum Gasteiger partial charge on any atom is -0.399 e. The van der Waals surface area contributed by atoms with Crippen molar-refractivity contribution in [2.45, 2.75) is 12.8 Å². The molecule has 0 bridgehead atoms. The van der Waals surface area contributed by atoms with Crippen LogP contribution in [-0.2, 0) is 12.8 Å². The molecule has 0 radical (unpaired) electrons. The molecule has 0 aromatic heterocycles. The number of hydrogen-bond donors (Lipinski definition) is 1. The second-order valence-electron chi connectivity index (χ2n) is 3.87. The van der Waals surface area contributed by atoms with Gasteiger partial charge in [-0.2, -0.15) is 0 Å². The molecule has 2 rings (SSSR count). The Labute approximate surface area is 104 Å². The van der Waals surface area contributed by atoms with Gasteiger partial charge in [0.25, 0.3) is 0 Å². The number of nitrogens with two attached hydrogens (primary N) is 1. The second kappa shape index (κ2) is 5.17. The molecular formula is C14H14BrN. The minimum absolute atomic E-state index is 0.841. The lowest BCUT2D eigenvalue weighted by Crippen LogP contribution is -1.92. The Bertz CT molecular complexity index is 462. The summed E-state index contributed by atoms with van der Waals surface area (Å²) in [7, 11) is 0. The van der Waals surface area contributed by atoms with Gasteiger partial charge >= 0.3 is 0 Å². The number of halogens is 1. The average Bonchev–Trinajstić information content (AvgIpc) is 2.28. The van der Waals surface area contributed by atoms with Gasteiger partial charge in [0.2, 0.25) is 0 Å². The molecule has 0 heterocycles. The van der Waals surface area contributed by atoms with E-state index in [-0.39, 0.29) is 0 Å². The van der Waals surface area contributed by atoms with Gasteiger partial charge in [-0.3, -0.25) is 0 Å². The summed E-state index contributed by atoms with van der Waals surface area (Å²) in [6.45, 7) is 0. The van der Waals surface area contributed by atoms with E-state index in [0.29, 0.717) is 0 Å². The molecule has 0 aliphatic carbocycles. The summed E-state index contributed by atoms with van der Waals surface area (Å²) in [5.74, 6) is 0. The normalized spacial score (nSPS) is 10.3. The Kier molecular flexibility index (Phi) is 3.62. The average molecular weight is 276 g/mol. The van der Waals surface area contributed by atoms with E-state index in [2.05, 4.69) is 46.3 Å². The highest BCUT2D eigenvalue weighted by Gasteiger charge is 1.96. The molecule has 2 aromatic rings. The molecule has 0 amide bonds. The van der Waals surface area contributed by atoms with Crippen molar-refractivity contribution < 1.29 is 0 Å². The van der Waals surface area contributed by atoms with Crippen molar-refractivity contribution in [1.82, 2.24) is 0 Å². The molecule has 16 heavy (non-hydrogen) atoms. The Hall–Kier alpha value is -1.28. The minimum atomic E-state index is 0.841. The van der Waals surface area contributed by atoms with E-state index in [1.165, 1.54) is 11.1 Å². The van der Waals surface area contributed by atoms with E-state index in [0.717, 1.165) is 23.0 Å². The summed E-state index contributed by atoms with van der Waals surface area (Å²) in [5, 5.41) is 0. The molecule has 0 atom stereocenters. The van der Waals surface area contributed by atoms with Crippen molar-refractivity contribution in [3.05, 3.63) is 64.1 Å². The first-order valence-corrected chi connectivity index (χ1v) is 6.12. The summed E-state index contributed by atoms with van der Waals surface area (Å²) >= 11 is 3.43. The van der Waals surface area contributed by atoms with E-state index in [4.69, 9.17) is 5.73 Å². The molecule has 82 valence electrons. The Morgan fingerprint density at radius 1 is 0.875 bits per heavy atom. The van der Waals surface area contributed by atoms with Crippen LogP contribution in [0, 0.1) is 0 Å². The topological polar surface area (TPSA) is 26.0 Å². The third kappa shape index (κ3) is 3.11. The largest absolute Gasteiger partial charge is 0.399 e. The zero-order valence-electron chi connectivity index (χ0n) is 8.99. The van der Waals surface area contributed by atoms with Gasteiger partial charge in [-0.15, -0.1) is 0 Å². The fourth-order valence-corrected chi connectivity index (χ4v) is 1.95. The summed E-state index contributed by atoms with van der Waals surface area (Å²) in [6.07, 6.45) is 2.09. The molecule has 0 saturated heterocycles. The van der Waals surface area contributed by atoms with E-state index < -0.39 is 0 Å². The maximum atomic E-state index is 5.74. The number of aryl methyl sites for hydroxylation is 2. The van der Waals surface area contributed by atoms with Crippen molar-refractivity contribution >= 4 is 21.6 Å². The molecule has 1 nitrogen and oxygen atoms in total. The van der Waals surface area contributed by atoms with Crippen LogP contribution in [0.25, 0.3) is 0 Å². The van der Waals surface area contributed by atoms with E-state index >= 15 is 0 Å². The zero-order chi connectivity index (χ0) is 11.4. The predicted molar refractivity (Wildman–Crippen MR) is 72.4 cm³/mol. The van der Waals surface area contributed by atoms with Gasteiger partial charge in [0, 0.05) is 10.2 Å². The van der Waals surface area contributed by atoms with Gasteiger partial charge in [0.05, 0.1) is 0 Å². The van der Waals surface area contributed by atoms with Crippen LogP contribution in [0.3, 0.4) is 0 Å². The predicted octanol–water partition coefficient (Wildman–Crippen LogP) is 3.82. The number of benzene rings is 2. The molecule has 0 saturated carbocycles. The van der Waals surface area contributed by atoms with Crippen molar-refractivity contribution in [1.29, 1.82) is 0 Å². The van der Waals surface area contributed by atoms with Crippen LogP contribution >= 0.6 is 15.9 Å². The van der Waals surface area contributed by atoms with Crippen LogP contribution in [0.2, 0.25) is 0 Å². The lowest BCUT2D eigenvalue weighted by Gasteiger charge is -2.03. The number of rotatable bonds is 3. The fourth-order valence-electron chi connectivity index (χ4n) is 1.69. The van der Waals surface area contributed by atoms with Crippen LogP contribution in [0.1, 0.15) is 11.1 Å². The van der Waals surface area contributed by atoms with Crippen LogP contribution in [0.4, 0.5) is 5.69 Å². The van der Waals surface area contributed by atoms with Gasteiger partial charge in [-0.05, 0) is 48.2 Å². The first-order valence-electron chi connectivity index (χ1n) is 5.33. The highest BCUT2D eigenvalue weighted by atomic mass is 79.9. The van der Waals surface area contributed by atoms with Gasteiger partial charge in [-0.1, -0.05) is 40.2 Å². The van der Waals surface area contributed by atoms with E-state index in [1.54, 1.807) is 0 Å². The maximum Gasteiger partial charge on any atom is 0.0316 e. The molecule has 2 aromatic carbocycles. The van der Waals surface area contributed by atoms with Gasteiger partial charge in [0.1, 0.15) is 0 Å². The monoisotopic (exact) mass is 275 g/mol. The summed E-state index contributed by atoms with van der Waals surface area (Å²) in [6, 6.07) is 16.5. The fraction of sp³-hybridized carbons (Fsp3) is 0.143. The van der Waals surface area contributed by atoms with Gasteiger partial charge < -0.3 is 5.73 Å². The molecule has 2 heteroatoms. The smallest absolute Gasteiger partial charge is 0.0316 e. The molecule has 0 unspecified atom stereocenters. The molecule has 2 N–H and O–H groups in total. The third-order valence-electron chi connectivity index (χ3n) is 2.57. The first kappa shape index (κ1) is 11.2. The summed E-state index contributed by atoms with van der Waals surface area (Å²) < 4.78 is 1.13. The van der Waals surface area contributed by atoms with Crippen LogP contribution in [0.5, 0.6) is 0 Å². The Morgan fingerprint density at radius 2 is 1.56 bits per heavy atom. The quantitative estimate of drug-likeness (QED) is 0.847. The number of anilines is 1. The lowest BCUT2D eigenvalue weighted by molar-refractivity contribution is 0.960. The summed E-state index contributed by atoms with van der Waals surface area (Å²) in [4.78, 5) is 0. The molecular weight excluding hydrogens is 262 g/mol. The van der Waals surface area contributed by atoms with Gasteiger partial charge in [-0.25, -0.2) is 0 Å². The second-order valence-corrected chi connectivity index (χ2v) is 4.79. The van der Waals surface area contributed by atoms with E-state index in [1.807, 2.05) is 18.2 Å². The SMILES string of the molecule is Nc1cccc(CCc2ccc(Br)cc2)c1. The van der Waals surface area contributed by atoms with E-state index in [9.17, 15) is 0 Å². The molecule has 0 fully saturated rings. The first-order chi connectivity index (χ1) is 7.74. The Balaban J connectivity index is 1.99. The van der Waals surface area contributed by atoms with Crippen molar-refractivity contribution in [3.8, 4) is 0 Å². The molecule has 0 aliphatic heterocycles. The number of hydrogen-bond acceptors (Lipinski definition) is 1. The highest BCUT2D eigenvalue weighted by Crippen LogP contribution is 2.13. The standard InChI is InChI=1S/C14H14BrN/c15-13-8-6-11(7-9-13)4-5-12-2-1-3-14(16)10-12/h1-3,6-10H,4-5,16H2. The lowest BCUT2D eigenvalue weighted by atomic mass is 10.0. The van der Waals surface area contributed by atoms with Crippen LogP contribution in [-0.4, -0.2) is 0 Å². The summed E-state index contributed by atoms with van der Waals surface area (Å²) in [5.41, 5.74) is 9.23. The molecule has 0 aliphatic rings. The van der Waals surface area contributed by atoms with Crippen LogP contribution < -0.4 is 5.73 Å². The Morgan fingerprint density at radius 3 is 2.25 bits per heavy atom. The third-order valence-corrected chi connectivity index (χ3v) is 3.10. The van der Waals surface area contributed by atoms with Crippen molar-refractivity contribution in [2.75, 3.05) is 5.73 Å². The highest BCUT2D eigenvalue weighted by molar-refractivity contribution is 9.10. The zero-order valence-corrected chi connectivity index (χ0v) is 10.6.